The number of ether oxygens (including phenoxy) is 2. The van der Waals surface area contributed by atoms with Crippen LogP contribution in [-0.2, 0) is 33.7 Å². The molecule has 1 aromatic carbocycles. The molecule has 0 bridgehead atoms. The van der Waals surface area contributed by atoms with Gasteiger partial charge in [0.2, 0.25) is 5.91 Å². The van der Waals surface area contributed by atoms with Crippen molar-refractivity contribution in [3.05, 3.63) is 50.6 Å². The van der Waals surface area contributed by atoms with Crippen LogP contribution in [0.2, 0.25) is 0 Å². The maximum absolute atomic E-state index is 13.2. The number of aromatic nitrogens is 2. The van der Waals surface area contributed by atoms with Crippen LogP contribution in [0, 0.1) is 0 Å². The van der Waals surface area contributed by atoms with Crippen LogP contribution in [0.3, 0.4) is 0 Å². The van der Waals surface area contributed by atoms with Crippen LogP contribution in [0.25, 0.3) is 10.2 Å². The van der Waals surface area contributed by atoms with Crippen molar-refractivity contribution in [1.82, 2.24) is 9.55 Å². The van der Waals surface area contributed by atoms with Crippen molar-refractivity contribution in [2.24, 2.45) is 0 Å². The quantitative estimate of drug-likeness (QED) is 0.305. The van der Waals surface area contributed by atoms with E-state index in [0.717, 1.165) is 35.0 Å². The van der Waals surface area contributed by atoms with Gasteiger partial charge in [-0.2, -0.15) is 0 Å². The summed E-state index contributed by atoms with van der Waals surface area (Å²) < 4.78 is 11.5. The number of hydrogen-bond donors (Lipinski definition) is 1. The molecule has 2 aromatic heterocycles. The summed E-state index contributed by atoms with van der Waals surface area (Å²) in [6.07, 6.45) is 2.99. The van der Waals surface area contributed by atoms with E-state index in [0.29, 0.717) is 29.6 Å². The Balaban J connectivity index is 1.51. The van der Waals surface area contributed by atoms with Crippen molar-refractivity contribution in [3.8, 4) is 0 Å². The van der Waals surface area contributed by atoms with Crippen LogP contribution in [0.1, 0.15) is 27.2 Å². The average Bonchev–Trinajstić information content (AvgIpc) is 3.38. The molecule has 1 amide bonds. The third-order valence-electron chi connectivity index (χ3n) is 5.23. The maximum atomic E-state index is 13.2. The Kier molecular flexibility index (Phi) is 6.92. The third-order valence-corrected chi connectivity index (χ3v) is 7.39. The summed E-state index contributed by atoms with van der Waals surface area (Å²) in [5.41, 5.74) is 2.05. The topological polar surface area (TPSA) is 99.5 Å². The van der Waals surface area contributed by atoms with Gasteiger partial charge in [0.15, 0.2) is 5.16 Å². The number of amides is 1. The Bertz CT molecular complexity index is 1220. The molecule has 0 spiro atoms. The standard InChI is InChI=1S/C22H23N3O5S2/c1-29-11-10-25-20(27)18-15-4-3-5-16(15)32-19(18)24-22(25)31-12-17(26)23-14-8-6-13(7-9-14)21(28)30-2/h6-9H,3-5,10-12H2,1-2H3,(H,23,26). The summed E-state index contributed by atoms with van der Waals surface area (Å²) in [4.78, 5) is 44.0. The molecule has 0 saturated heterocycles. The normalized spacial score (nSPS) is 12.7. The van der Waals surface area contributed by atoms with Gasteiger partial charge in [0.1, 0.15) is 4.83 Å². The SMILES string of the molecule is COCCn1c(SCC(=O)Nc2ccc(C(=O)OC)cc2)nc2sc3c(c2c1=O)CCC3. The Morgan fingerprint density at radius 3 is 2.72 bits per heavy atom. The first kappa shape index (κ1) is 22.5. The zero-order valence-corrected chi connectivity index (χ0v) is 19.4. The van der Waals surface area contributed by atoms with Crippen LogP contribution in [0.4, 0.5) is 5.69 Å². The van der Waals surface area contributed by atoms with E-state index in [1.807, 2.05) is 0 Å². The number of anilines is 1. The van der Waals surface area contributed by atoms with Crippen LogP contribution in [-0.4, -0.2) is 48.0 Å². The number of carbonyl (C=O) groups is 2. The molecule has 1 aliphatic carbocycles. The molecule has 3 aromatic rings. The van der Waals surface area contributed by atoms with Crippen molar-refractivity contribution in [2.75, 3.05) is 31.9 Å². The number of carbonyl (C=O) groups excluding carboxylic acids is 2. The second-order valence-corrected chi connectivity index (χ2v) is 9.31. The first-order valence-corrected chi connectivity index (χ1v) is 12.0. The number of thioether (sulfide) groups is 1. The molecule has 0 aliphatic heterocycles. The van der Waals surface area contributed by atoms with Gasteiger partial charge in [-0.15, -0.1) is 11.3 Å². The van der Waals surface area contributed by atoms with Crippen LogP contribution >= 0.6 is 23.1 Å². The minimum atomic E-state index is -0.437. The fraction of sp³-hybridized carbons (Fsp3) is 0.364. The van der Waals surface area contributed by atoms with Gasteiger partial charge in [-0.25, -0.2) is 9.78 Å². The highest BCUT2D eigenvalue weighted by Crippen LogP contribution is 2.35. The van der Waals surface area contributed by atoms with E-state index in [1.54, 1.807) is 47.3 Å². The summed E-state index contributed by atoms with van der Waals surface area (Å²) in [5, 5.41) is 4.02. The summed E-state index contributed by atoms with van der Waals surface area (Å²) in [6, 6.07) is 6.45. The van der Waals surface area contributed by atoms with E-state index in [4.69, 9.17) is 9.72 Å². The van der Waals surface area contributed by atoms with Crippen LogP contribution in [0.15, 0.2) is 34.2 Å². The smallest absolute Gasteiger partial charge is 0.337 e. The highest BCUT2D eigenvalue weighted by Gasteiger charge is 2.23. The van der Waals surface area contributed by atoms with Crippen molar-refractivity contribution in [2.45, 2.75) is 31.0 Å². The Hall–Kier alpha value is -2.69. The van der Waals surface area contributed by atoms with E-state index in [9.17, 15) is 14.4 Å². The maximum Gasteiger partial charge on any atom is 0.337 e. The Morgan fingerprint density at radius 1 is 1.22 bits per heavy atom. The molecular formula is C22H23N3O5S2. The monoisotopic (exact) mass is 473 g/mol. The van der Waals surface area contributed by atoms with E-state index < -0.39 is 5.97 Å². The fourth-order valence-electron chi connectivity index (χ4n) is 3.68. The first-order chi connectivity index (χ1) is 15.5. The fourth-order valence-corrected chi connectivity index (χ4v) is 5.81. The highest BCUT2D eigenvalue weighted by atomic mass is 32.2. The molecule has 1 aliphatic rings. The second kappa shape index (κ2) is 9.85. The minimum Gasteiger partial charge on any atom is -0.465 e. The zero-order chi connectivity index (χ0) is 22.7. The molecule has 0 saturated carbocycles. The lowest BCUT2D eigenvalue weighted by atomic mass is 10.2. The number of nitrogens with zero attached hydrogens (tertiary/aromatic N) is 2. The molecule has 4 rings (SSSR count). The van der Waals surface area contributed by atoms with Gasteiger partial charge >= 0.3 is 5.97 Å². The van der Waals surface area contributed by atoms with E-state index in [2.05, 4.69) is 10.1 Å². The summed E-state index contributed by atoms with van der Waals surface area (Å²) in [6.45, 7) is 0.757. The number of benzene rings is 1. The van der Waals surface area contributed by atoms with Gasteiger partial charge in [0.05, 0.1) is 37.0 Å². The number of rotatable bonds is 8. The van der Waals surface area contributed by atoms with E-state index in [1.165, 1.54) is 23.7 Å². The molecule has 0 radical (unpaired) electrons. The lowest BCUT2D eigenvalue weighted by Gasteiger charge is -2.12. The van der Waals surface area contributed by atoms with Gasteiger partial charge in [-0.3, -0.25) is 14.2 Å². The van der Waals surface area contributed by atoms with Gasteiger partial charge in [-0.05, 0) is 49.1 Å². The summed E-state index contributed by atoms with van der Waals surface area (Å²) in [5.74, 6) is -0.579. The van der Waals surface area contributed by atoms with Crippen molar-refractivity contribution >= 4 is 50.9 Å². The van der Waals surface area contributed by atoms with Crippen molar-refractivity contribution in [3.63, 3.8) is 0 Å². The number of thiophene rings is 1. The second-order valence-electron chi connectivity index (χ2n) is 7.29. The Morgan fingerprint density at radius 2 is 2.00 bits per heavy atom. The summed E-state index contributed by atoms with van der Waals surface area (Å²) in [7, 11) is 2.90. The van der Waals surface area contributed by atoms with Gasteiger partial charge < -0.3 is 14.8 Å². The number of methoxy groups -OCH3 is 2. The van der Waals surface area contributed by atoms with E-state index >= 15 is 0 Å². The molecule has 0 unspecified atom stereocenters. The van der Waals surface area contributed by atoms with Crippen LogP contribution < -0.4 is 10.9 Å². The molecule has 0 atom stereocenters. The first-order valence-electron chi connectivity index (χ1n) is 10.2. The van der Waals surface area contributed by atoms with Crippen molar-refractivity contribution < 1.29 is 19.1 Å². The highest BCUT2D eigenvalue weighted by molar-refractivity contribution is 7.99. The molecule has 1 N–H and O–H groups in total. The number of nitrogens with one attached hydrogen (secondary N) is 1. The predicted molar refractivity (Wildman–Crippen MR) is 125 cm³/mol. The largest absolute Gasteiger partial charge is 0.465 e. The zero-order valence-electron chi connectivity index (χ0n) is 17.8. The minimum absolute atomic E-state index is 0.0623. The summed E-state index contributed by atoms with van der Waals surface area (Å²) >= 11 is 2.81. The molecular weight excluding hydrogens is 450 g/mol. The predicted octanol–water partition coefficient (Wildman–Crippen LogP) is 3.11. The number of fused-ring (bicyclic) bond motifs is 3. The number of hydrogen-bond acceptors (Lipinski definition) is 8. The van der Waals surface area contributed by atoms with Crippen molar-refractivity contribution in [1.29, 1.82) is 0 Å². The lowest BCUT2D eigenvalue weighted by molar-refractivity contribution is -0.113. The molecule has 32 heavy (non-hydrogen) atoms. The van der Waals surface area contributed by atoms with E-state index in [-0.39, 0.29) is 17.2 Å². The average molecular weight is 474 g/mol. The molecule has 8 nitrogen and oxygen atoms in total. The van der Waals surface area contributed by atoms with Gasteiger partial charge in [0, 0.05) is 17.7 Å². The van der Waals surface area contributed by atoms with Gasteiger partial charge in [0.25, 0.3) is 5.56 Å². The number of aryl methyl sites for hydroxylation is 2. The molecule has 0 fully saturated rings. The molecule has 10 heteroatoms. The van der Waals surface area contributed by atoms with Gasteiger partial charge in [-0.1, -0.05) is 11.8 Å². The van der Waals surface area contributed by atoms with Crippen LogP contribution in [0.5, 0.6) is 0 Å². The third kappa shape index (κ3) is 4.57. The molecule has 168 valence electrons. The molecule has 2 heterocycles. The Labute approximate surface area is 192 Å². The lowest BCUT2D eigenvalue weighted by Crippen LogP contribution is -2.26. The number of esters is 1.